The minimum absolute atomic E-state index is 0. The van der Waals surface area contributed by atoms with Crippen LogP contribution >= 0.6 is 24.8 Å². The molecule has 0 aliphatic carbocycles. The number of carbonyl (C=O) groups excluding carboxylic acids is 1. The van der Waals surface area contributed by atoms with Crippen LogP contribution in [0.4, 0.5) is 0 Å². The number of hydrogen-bond acceptors (Lipinski definition) is 4. The average Bonchev–Trinajstić information content (AvgIpc) is 3.00. The highest BCUT2D eigenvalue weighted by molar-refractivity contribution is 5.85. The smallest absolute Gasteiger partial charge is 0.237 e. The maximum absolute atomic E-state index is 12.1. The topological polar surface area (TPSA) is 82.2 Å². The van der Waals surface area contributed by atoms with Gasteiger partial charge in [0.15, 0.2) is 0 Å². The van der Waals surface area contributed by atoms with E-state index in [1.54, 1.807) is 13.4 Å². The number of aromatic nitrogens is 2. The second-order valence-corrected chi connectivity index (χ2v) is 6.52. The van der Waals surface area contributed by atoms with E-state index in [-0.39, 0.29) is 30.7 Å². The molecule has 2 rings (SSSR count). The molecular formula is C18H28Cl2N4O2. The Morgan fingerprint density at radius 1 is 1.31 bits per heavy atom. The van der Waals surface area contributed by atoms with Gasteiger partial charge in [-0.1, -0.05) is 30.3 Å². The molecule has 0 saturated carbocycles. The summed E-state index contributed by atoms with van der Waals surface area (Å²) in [5, 5.41) is 2.82. The van der Waals surface area contributed by atoms with Crippen LogP contribution < -0.4 is 11.1 Å². The van der Waals surface area contributed by atoms with Gasteiger partial charge in [0.05, 0.1) is 23.7 Å². The number of rotatable bonds is 8. The fourth-order valence-electron chi connectivity index (χ4n) is 2.21. The molecule has 0 saturated heterocycles. The summed E-state index contributed by atoms with van der Waals surface area (Å²) < 4.78 is 7.26. The van der Waals surface area contributed by atoms with Crippen LogP contribution in [0, 0.1) is 0 Å². The monoisotopic (exact) mass is 402 g/mol. The second kappa shape index (κ2) is 11.2. The van der Waals surface area contributed by atoms with E-state index in [4.69, 9.17) is 10.5 Å². The first kappa shape index (κ1) is 24.4. The highest BCUT2D eigenvalue weighted by atomic mass is 35.5. The lowest BCUT2D eigenvalue weighted by Crippen LogP contribution is -2.47. The minimum Gasteiger partial charge on any atom is -0.377 e. The maximum atomic E-state index is 12.1. The molecule has 1 atom stereocenters. The van der Waals surface area contributed by atoms with Gasteiger partial charge in [-0.2, -0.15) is 0 Å². The van der Waals surface area contributed by atoms with Crippen molar-refractivity contribution in [2.75, 3.05) is 13.7 Å². The Balaban J connectivity index is 0.00000312. The number of imidazole rings is 1. The predicted octanol–water partition coefficient (Wildman–Crippen LogP) is 2.19. The maximum Gasteiger partial charge on any atom is 0.237 e. The summed E-state index contributed by atoms with van der Waals surface area (Å²) in [6, 6.07) is 9.51. The third kappa shape index (κ3) is 7.74. The van der Waals surface area contributed by atoms with Crippen LogP contribution in [0.15, 0.2) is 42.9 Å². The van der Waals surface area contributed by atoms with Crippen molar-refractivity contribution in [2.45, 2.75) is 38.5 Å². The molecule has 0 fully saturated rings. The number of carbonyl (C=O) groups is 1. The van der Waals surface area contributed by atoms with Gasteiger partial charge in [-0.05, 0) is 19.4 Å². The molecule has 0 radical (unpaired) electrons. The van der Waals surface area contributed by atoms with E-state index < -0.39 is 11.6 Å². The van der Waals surface area contributed by atoms with Crippen molar-refractivity contribution in [1.82, 2.24) is 14.9 Å². The number of methoxy groups -OCH3 is 1. The SMILES string of the molecule is COC(C)(C)CNC(=O)[C@@H](N)Cc1cn(Cc2ccccc2)cn1.Cl.Cl. The Morgan fingerprint density at radius 3 is 2.58 bits per heavy atom. The van der Waals surface area contributed by atoms with E-state index in [1.807, 2.05) is 42.8 Å². The van der Waals surface area contributed by atoms with Crippen LogP contribution in [0.1, 0.15) is 25.1 Å². The van der Waals surface area contributed by atoms with Crippen LogP contribution in [0.25, 0.3) is 0 Å². The lowest BCUT2D eigenvalue weighted by molar-refractivity contribution is -0.123. The molecule has 26 heavy (non-hydrogen) atoms. The summed E-state index contributed by atoms with van der Waals surface area (Å²) in [6.45, 7) is 4.98. The number of benzene rings is 1. The van der Waals surface area contributed by atoms with Crippen molar-refractivity contribution < 1.29 is 9.53 Å². The molecule has 1 heterocycles. The molecule has 8 heteroatoms. The molecule has 0 bridgehead atoms. The van der Waals surface area contributed by atoms with Crippen molar-refractivity contribution in [3.8, 4) is 0 Å². The fraction of sp³-hybridized carbons (Fsp3) is 0.444. The first-order valence-electron chi connectivity index (χ1n) is 8.02. The van der Waals surface area contributed by atoms with Gasteiger partial charge in [0.1, 0.15) is 0 Å². The summed E-state index contributed by atoms with van der Waals surface area (Å²) in [6.07, 6.45) is 4.10. The second-order valence-electron chi connectivity index (χ2n) is 6.52. The number of nitrogens with two attached hydrogens (primary N) is 1. The largest absolute Gasteiger partial charge is 0.377 e. The van der Waals surface area contributed by atoms with E-state index in [0.29, 0.717) is 13.0 Å². The van der Waals surface area contributed by atoms with Crippen LogP contribution in [0.3, 0.4) is 0 Å². The summed E-state index contributed by atoms with van der Waals surface area (Å²) >= 11 is 0. The molecule has 0 spiro atoms. The van der Waals surface area contributed by atoms with E-state index in [0.717, 1.165) is 12.2 Å². The molecule has 1 amide bonds. The Labute approximate surface area is 167 Å². The quantitative estimate of drug-likeness (QED) is 0.708. The molecule has 0 aliphatic heterocycles. The van der Waals surface area contributed by atoms with Gasteiger partial charge in [0.2, 0.25) is 5.91 Å². The first-order chi connectivity index (χ1) is 11.4. The minimum atomic E-state index is -0.627. The van der Waals surface area contributed by atoms with Crippen molar-refractivity contribution in [3.63, 3.8) is 0 Å². The summed E-state index contributed by atoms with van der Waals surface area (Å²) in [5.41, 5.74) is 7.57. The number of nitrogens with zero attached hydrogens (tertiary/aromatic N) is 2. The highest BCUT2D eigenvalue weighted by Gasteiger charge is 2.21. The van der Waals surface area contributed by atoms with E-state index in [9.17, 15) is 4.79 Å². The van der Waals surface area contributed by atoms with E-state index >= 15 is 0 Å². The van der Waals surface area contributed by atoms with E-state index in [2.05, 4.69) is 22.4 Å². The van der Waals surface area contributed by atoms with Gasteiger partial charge < -0.3 is 20.4 Å². The molecule has 146 valence electrons. The van der Waals surface area contributed by atoms with Gasteiger partial charge in [-0.3, -0.25) is 4.79 Å². The predicted molar refractivity (Wildman–Crippen MR) is 108 cm³/mol. The Kier molecular flexibility index (Phi) is 10.5. The van der Waals surface area contributed by atoms with Gasteiger partial charge in [0.25, 0.3) is 0 Å². The molecule has 0 unspecified atom stereocenters. The third-order valence-electron chi connectivity index (χ3n) is 3.90. The van der Waals surface area contributed by atoms with Crippen molar-refractivity contribution in [3.05, 3.63) is 54.1 Å². The summed E-state index contributed by atoms with van der Waals surface area (Å²) in [4.78, 5) is 16.4. The zero-order valence-electron chi connectivity index (χ0n) is 15.3. The zero-order valence-corrected chi connectivity index (χ0v) is 17.0. The van der Waals surface area contributed by atoms with Crippen molar-refractivity contribution in [1.29, 1.82) is 0 Å². The molecule has 3 N–H and O–H groups in total. The van der Waals surface area contributed by atoms with Crippen molar-refractivity contribution >= 4 is 30.7 Å². The van der Waals surface area contributed by atoms with Crippen molar-refractivity contribution in [2.24, 2.45) is 5.73 Å². The normalized spacial score (nSPS) is 11.8. The van der Waals surface area contributed by atoms with Crippen LogP contribution in [-0.2, 0) is 22.5 Å². The molecular weight excluding hydrogens is 375 g/mol. The lowest BCUT2D eigenvalue weighted by atomic mass is 10.1. The fourth-order valence-corrected chi connectivity index (χ4v) is 2.21. The van der Waals surface area contributed by atoms with E-state index in [1.165, 1.54) is 5.56 Å². The number of halogens is 2. The Bertz CT molecular complexity index is 662. The lowest BCUT2D eigenvalue weighted by Gasteiger charge is -2.24. The van der Waals surface area contributed by atoms with Gasteiger partial charge in [0, 0.05) is 32.8 Å². The summed E-state index contributed by atoms with van der Waals surface area (Å²) in [5.74, 6) is -0.197. The molecule has 0 aliphatic rings. The van der Waals surface area contributed by atoms with Crippen LogP contribution in [0.5, 0.6) is 0 Å². The Hall–Kier alpha value is -1.60. The number of amides is 1. The number of nitrogens with one attached hydrogen (secondary N) is 1. The standard InChI is InChI=1S/C18H26N4O2.2ClH/c1-18(2,24-3)12-20-17(23)16(19)9-15-11-22(13-21-15)10-14-7-5-4-6-8-14;;/h4-8,11,13,16H,9-10,12,19H2,1-3H3,(H,20,23);2*1H/t16-;;/m0../s1. The Morgan fingerprint density at radius 2 is 1.96 bits per heavy atom. The average molecular weight is 403 g/mol. The number of hydrogen-bond donors (Lipinski definition) is 2. The molecule has 1 aromatic heterocycles. The first-order valence-corrected chi connectivity index (χ1v) is 8.02. The zero-order chi connectivity index (χ0) is 17.6. The van der Waals surface area contributed by atoms with Crippen LogP contribution in [-0.4, -0.2) is 40.8 Å². The van der Waals surface area contributed by atoms with Crippen LogP contribution in [0.2, 0.25) is 0 Å². The highest BCUT2D eigenvalue weighted by Crippen LogP contribution is 2.07. The number of ether oxygens (including phenoxy) is 1. The third-order valence-corrected chi connectivity index (χ3v) is 3.90. The van der Waals surface area contributed by atoms with Gasteiger partial charge in [-0.25, -0.2) is 4.98 Å². The molecule has 6 nitrogen and oxygen atoms in total. The molecule has 2 aromatic rings. The van der Waals surface area contributed by atoms with Gasteiger partial charge >= 0.3 is 0 Å². The summed E-state index contributed by atoms with van der Waals surface area (Å²) in [7, 11) is 1.62. The molecule has 1 aromatic carbocycles. The van der Waals surface area contributed by atoms with Gasteiger partial charge in [-0.15, -0.1) is 24.8 Å².